The topological polar surface area (TPSA) is 26.3 Å². The van der Waals surface area contributed by atoms with E-state index in [0.717, 1.165) is 0 Å². The van der Waals surface area contributed by atoms with E-state index in [1.165, 1.54) is 23.9 Å². The summed E-state index contributed by atoms with van der Waals surface area (Å²) in [7, 11) is 0. The minimum atomic E-state index is -0.726. The lowest BCUT2D eigenvalue weighted by atomic mass is 10.2. The van der Waals surface area contributed by atoms with Crippen molar-refractivity contribution in [3.8, 4) is 0 Å². The fourth-order valence-electron chi connectivity index (χ4n) is 1.08. The molecule has 0 saturated carbocycles. The van der Waals surface area contributed by atoms with Gasteiger partial charge in [-0.25, -0.2) is 9.18 Å². The smallest absolute Gasteiger partial charge is 0.342 e. The van der Waals surface area contributed by atoms with Crippen molar-refractivity contribution in [2.45, 2.75) is 11.8 Å². The van der Waals surface area contributed by atoms with Crippen molar-refractivity contribution < 1.29 is 13.9 Å². The molecule has 0 saturated heterocycles. The first-order chi connectivity index (χ1) is 7.11. The zero-order valence-electron chi connectivity index (χ0n) is 8.34. The van der Waals surface area contributed by atoms with E-state index in [1.54, 1.807) is 13.2 Å². The van der Waals surface area contributed by atoms with Gasteiger partial charge >= 0.3 is 5.97 Å². The van der Waals surface area contributed by atoms with E-state index in [-0.39, 0.29) is 17.2 Å². The first-order valence-corrected chi connectivity index (χ1v) is 5.91. The van der Waals surface area contributed by atoms with Crippen LogP contribution >= 0.6 is 23.4 Å². The van der Waals surface area contributed by atoms with Crippen LogP contribution in [0.5, 0.6) is 0 Å². The highest BCUT2D eigenvalue weighted by molar-refractivity contribution is 7.98. The predicted molar refractivity (Wildman–Crippen MR) is 59.1 cm³/mol. The van der Waals surface area contributed by atoms with Crippen LogP contribution in [0.25, 0.3) is 0 Å². The minimum absolute atomic E-state index is 0.0729. The number of rotatable bonds is 3. The van der Waals surface area contributed by atoms with Gasteiger partial charge in [0.25, 0.3) is 0 Å². The molecule has 1 aromatic rings. The van der Waals surface area contributed by atoms with Gasteiger partial charge in [-0.15, -0.1) is 11.8 Å². The summed E-state index contributed by atoms with van der Waals surface area (Å²) in [5.74, 6) is -1.34. The van der Waals surface area contributed by atoms with Crippen LogP contribution in [-0.2, 0) is 4.74 Å². The average molecular weight is 249 g/mol. The molecule has 2 nitrogen and oxygen atoms in total. The highest BCUT2D eigenvalue weighted by atomic mass is 35.5. The summed E-state index contributed by atoms with van der Waals surface area (Å²) in [4.78, 5) is 11.8. The molecule has 1 aromatic carbocycles. The largest absolute Gasteiger partial charge is 0.462 e. The summed E-state index contributed by atoms with van der Waals surface area (Å²) in [6, 6.07) is 3.02. The summed E-state index contributed by atoms with van der Waals surface area (Å²) in [6.07, 6.45) is 1.72. The van der Waals surface area contributed by atoms with Gasteiger partial charge < -0.3 is 4.74 Å². The molecule has 0 spiro atoms. The maximum atomic E-state index is 13.7. The van der Waals surface area contributed by atoms with Crippen molar-refractivity contribution in [2.75, 3.05) is 12.9 Å². The van der Waals surface area contributed by atoms with Gasteiger partial charge in [-0.1, -0.05) is 11.6 Å². The van der Waals surface area contributed by atoms with Crippen LogP contribution < -0.4 is 0 Å². The number of ether oxygens (including phenoxy) is 1. The van der Waals surface area contributed by atoms with Crippen molar-refractivity contribution in [3.63, 3.8) is 0 Å². The molecule has 0 fully saturated rings. The van der Waals surface area contributed by atoms with Crippen molar-refractivity contribution in [1.29, 1.82) is 0 Å². The molecule has 0 radical (unpaired) electrons. The lowest BCUT2D eigenvalue weighted by Crippen LogP contribution is -2.08. The number of hydrogen-bond acceptors (Lipinski definition) is 3. The monoisotopic (exact) mass is 248 g/mol. The van der Waals surface area contributed by atoms with Crippen LogP contribution in [0, 0.1) is 5.82 Å². The van der Waals surface area contributed by atoms with Crippen molar-refractivity contribution in [1.82, 2.24) is 0 Å². The van der Waals surface area contributed by atoms with Gasteiger partial charge in [0.2, 0.25) is 0 Å². The average Bonchev–Trinajstić information content (AvgIpc) is 2.18. The molecule has 0 aliphatic heterocycles. The molecule has 15 heavy (non-hydrogen) atoms. The lowest BCUT2D eigenvalue weighted by Gasteiger charge is -2.07. The van der Waals surface area contributed by atoms with Crippen LogP contribution in [0.1, 0.15) is 17.3 Å². The molecule has 0 heterocycles. The third kappa shape index (κ3) is 2.63. The van der Waals surface area contributed by atoms with Gasteiger partial charge in [0.1, 0.15) is 5.56 Å². The number of carbonyl (C=O) groups is 1. The quantitative estimate of drug-likeness (QED) is 0.606. The highest BCUT2D eigenvalue weighted by Crippen LogP contribution is 2.28. The Morgan fingerprint density at radius 1 is 1.60 bits per heavy atom. The second kappa shape index (κ2) is 5.37. The van der Waals surface area contributed by atoms with Gasteiger partial charge in [-0.3, -0.25) is 0 Å². The second-order valence-corrected chi connectivity index (χ2v) is 3.91. The Hall–Kier alpha value is -0.740. The van der Waals surface area contributed by atoms with Gasteiger partial charge in [0, 0.05) is 4.90 Å². The Morgan fingerprint density at radius 3 is 2.80 bits per heavy atom. The van der Waals surface area contributed by atoms with Crippen LogP contribution in [0.2, 0.25) is 5.02 Å². The van der Waals surface area contributed by atoms with E-state index in [0.29, 0.717) is 4.90 Å². The van der Waals surface area contributed by atoms with Crippen LogP contribution in [-0.4, -0.2) is 18.8 Å². The molecule has 0 aromatic heterocycles. The molecule has 0 aliphatic carbocycles. The fraction of sp³-hybridized carbons (Fsp3) is 0.300. The first-order valence-electron chi connectivity index (χ1n) is 4.31. The molecule has 0 N–H and O–H groups in total. The van der Waals surface area contributed by atoms with Crippen LogP contribution in [0.4, 0.5) is 4.39 Å². The van der Waals surface area contributed by atoms with Crippen molar-refractivity contribution >= 4 is 29.3 Å². The number of carbonyl (C=O) groups excluding carboxylic acids is 1. The second-order valence-electron chi connectivity index (χ2n) is 2.66. The third-order valence-corrected chi connectivity index (χ3v) is 2.83. The van der Waals surface area contributed by atoms with E-state index < -0.39 is 11.8 Å². The zero-order valence-corrected chi connectivity index (χ0v) is 9.91. The lowest BCUT2D eigenvalue weighted by molar-refractivity contribution is 0.0520. The first kappa shape index (κ1) is 12.3. The van der Waals surface area contributed by atoms with Crippen LogP contribution in [0.15, 0.2) is 17.0 Å². The Labute approximate surface area is 96.8 Å². The highest BCUT2D eigenvalue weighted by Gasteiger charge is 2.19. The third-order valence-electron chi connectivity index (χ3n) is 1.76. The molecule has 82 valence electrons. The summed E-state index contributed by atoms with van der Waals surface area (Å²) in [6.45, 7) is 1.85. The Kier molecular flexibility index (Phi) is 4.42. The van der Waals surface area contributed by atoms with E-state index in [1.807, 2.05) is 0 Å². The van der Waals surface area contributed by atoms with E-state index in [4.69, 9.17) is 16.3 Å². The van der Waals surface area contributed by atoms with Crippen molar-refractivity contribution in [2.24, 2.45) is 0 Å². The Morgan fingerprint density at radius 2 is 2.27 bits per heavy atom. The van der Waals surface area contributed by atoms with Crippen LogP contribution in [0.3, 0.4) is 0 Å². The molecule has 0 unspecified atom stereocenters. The van der Waals surface area contributed by atoms with E-state index >= 15 is 0 Å². The summed E-state index contributed by atoms with van der Waals surface area (Å²) in [5.41, 5.74) is -0.189. The van der Waals surface area contributed by atoms with Gasteiger partial charge in [-0.2, -0.15) is 0 Å². The molecule has 5 heteroatoms. The van der Waals surface area contributed by atoms with E-state index in [9.17, 15) is 9.18 Å². The number of esters is 1. The maximum absolute atomic E-state index is 13.7. The zero-order chi connectivity index (χ0) is 11.4. The number of thioether (sulfide) groups is 1. The van der Waals surface area contributed by atoms with Gasteiger partial charge in [0.05, 0.1) is 11.6 Å². The molecule has 1 rings (SSSR count). The molecule has 0 aliphatic rings. The minimum Gasteiger partial charge on any atom is -0.462 e. The van der Waals surface area contributed by atoms with Crippen molar-refractivity contribution in [3.05, 3.63) is 28.5 Å². The van der Waals surface area contributed by atoms with E-state index in [2.05, 4.69) is 0 Å². The number of halogens is 2. The molecule has 0 bridgehead atoms. The predicted octanol–water partition coefficient (Wildman–Crippen LogP) is 3.38. The molecule has 0 amide bonds. The summed E-state index contributed by atoms with van der Waals surface area (Å²) in [5, 5.41) is 0.0729. The molecule has 0 atom stereocenters. The number of hydrogen-bond donors (Lipinski definition) is 0. The maximum Gasteiger partial charge on any atom is 0.342 e. The molecular weight excluding hydrogens is 239 g/mol. The standard InChI is InChI=1S/C10H10ClFO2S/c1-3-14-10(13)8-6(11)4-5-7(15-2)9(8)12/h4-5H,3H2,1-2H3. The summed E-state index contributed by atoms with van der Waals surface area (Å²) >= 11 is 6.95. The number of benzene rings is 1. The SMILES string of the molecule is CCOC(=O)c1c(Cl)ccc(SC)c1F. The fourth-order valence-corrected chi connectivity index (χ4v) is 1.79. The van der Waals surface area contributed by atoms with Gasteiger partial charge in [0.15, 0.2) is 5.82 Å². The summed E-state index contributed by atoms with van der Waals surface area (Å²) < 4.78 is 18.4. The Balaban J connectivity index is 3.20. The normalized spacial score (nSPS) is 10.1. The van der Waals surface area contributed by atoms with Gasteiger partial charge in [-0.05, 0) is 25.3 Å². The Bertz CT molecular complexity index is 382. The molecular formula is C10H10ClFO2S.